The Kier molecular flexibility index (Phi) is 3.18. The van der Waals surface area contributed by atoms with Crippen molar-refractivity contribution in [3.05, 3.63) is 31.0 Å². The van der Waals surface area contributed by atoms with Crippen LogP contribution >= 0.6 is 0 Å². The zero-order valence-corrected chi connectivity index (χ0v) is 12.5. The van der Waals surface area contributed by atoms with Crippen LogP contribution in [0, 0.1) is 5.92 Å². The van der Waals surface area contributed by atoms with Gasteiger partial charge in [-0.15, -0.1) is 0 Å². The lowest BCUT2D eigenvalue weighted by atomic mass is 10.00. The number of aromatic nitrogens is 5. The van der Waals surface area contributed by atoms with Crippen molar-refractivity contribution in [2.24, 2.45) is 5.92 Å². The van der Waals surface area contributed by atoms with E-state index in [1.54, 1.807) is 6.33 Å². The van der Waals surface area contributed by atoms with E-state index in [1.807, 2.05) is 29.3 Å². The average Bonchev–Trinajstić information content (AvgIpc) is 3.26. The van der Waals surface area contributed by atoms with Crippen molar-refractivity contribution >= 4 is 11.0 Å². The van der Waals surface area contributed by atoms with Crippen LogP contribution in [0.25, 0.3) is 22.3 Å². The number of aliphatic hydroxyl groups is 1. The molecule has 3 atom stereocenters. The van der Waals surface area contributed by atoms with Crippen LogP contribution in [0.1, 0.15) is 32.2 Å². The van der Waals surface area contributed by atoms with Gasteiger partial charge < -0.3 is 10.1 Å². The SMILES string of the molecule is CC([C@H]1CC[C@@H](O)C1)n1cc(-c2ncnc3[nH]ccc23)cn1. The summed E-state index contributed by atoms with van der Waals surface area (Å²) in [7, 11) is 0. The molecule has 1 fully saturated rings. The van der Waals surface area contributed by atoms with Gasteiger partial charge in [-0.3, -0.25) is 4.68 Å². The van der Waals surface area contributed by atoms with Crippen LogP contribution in [0.3, 0.4) is 0 Å². The third-order valence-electron chi connectivity index (χ3n) is 4.77. The van der Waals surface area contributed by atoms with E-state index < -0.39 is 0 Å². The van der Waals surface area contributed by atoms with Gasteiger partial charge in [0.2, 0.25) is 0 Å². The third-order valence-corrected chi connectivity index (χ3v) is 4.77. The molecule has 1 aliphatic rings. The van der Waals surface area contributed by atoms with E-state index >= 15 is 0 Å². The summed E-state index contributed by atoms with van der Waals surface area (Å²) in [5, 5.41) is 15.2. The molecule has 4 rings (SSSR count). The second-order valence-electron chi connectivity index (χ2n) is 6.14. The standard InChI is InChI=1S/C16H19N5O/c1-10(11-2-3-13(22)6-11)21-8-12(7-20-21)15-14-4-5-17-16(14)19-9-18-15/h4-5,7-11,13,22H,2-3,6H2,1H3,(H,17,18,19)/t10?,11-,13+/m0/s1. The number of H-pyrrole nitrogens is 1. The van der Waals surface area contributed by atoms with Crippen molar-refractivity contribution in [2.45, 2.75) is 38.3 Å². The molecule has 22 heavy (non-hydrogen) atoms. The highest BCUT2D eigenvalue weighted by Gasteiger charge is 2.28. The van der Waals surface area contributed by atoms with Gasteiger partial charge in [0, 0.05) is 23.3 Å². The van der Waals surface area contributed by atoms with Gasteiger partial charge in [0.05, 0.1) is 24.0 Å². The molecule has 2 N–H and O–H groups in total. The summed E-state index contributed by atoms with van der Waals surface area (Å²) >= 11 is 0. The third kappa shape index (κ3) is 2.20. The minimum absolute atomic E-state index is 0.149. The van der Waals surface area contributed by atoms with E-state index in [0.29, 0.717) is 5.92 Å². The van der Waals surface area contributed by atoms with Gasteiger partial charge >= 0.3 is 0 Å². The van der Waals surface area contributed by atoms with E-state index in [2.05, 4.69) is 27.0 Å². The maximum Gasteiger partial charge on any atom is 0.141 e. The molecule has 1 saturated carbocycles. The number of aliphatic hydroxyl groups excluding tert-OH is 1. The fourth-order valence-electron chi connectivity index (χ4n) is 3.43. The molecular weight excluding hydrogens is 278 g/mol. The molecule has 6 heteroatoms. The molecule has 0 bridgehead atoms. The number of rotatable bonds is 3. The fraction of sp³-hybridized carbons (Fsp3) is 0.438. The Labute approximate surface area is 128 Å². The molecule has 3 aromatic heterocycles. The highest BCUT2D eigenvalue weighted by molar-refractivity contribution is 5.89. The van der Waals surface area contributed by atoms with Gasteiger partial charge in [0.1, 0.15) is 12.0 Å². The van der Waals surface area contributed by atoms with Crippen LogP contribution in [0.5, 0.6) is 0 Å². The van der Waals surface area contributed by atoms with Crippen molar-refractivity contribution < 1.29 is 5.11 Å². The van der Waals surface area contributed by atoms with Gasteiger partial charge in [0.15, 0.2) is 0 Å². The maximum absolute atomic E-state index is 9.72. The monoisotopic (exact) mass is 297 g/mol. The van der Waals surface area contributed by atoms with Crippen LogP contribution in [0.4, 0.5) is 0 Å². The molecule has 0 saturated heterocycles. The Morgan fingerprint density at radius 3 is 3.09 bits per heavy atom. The molecular formula is C16H19N5O. The Hall–Kier alpha value is -2.21. The van der Waals surface area contributed by atoms with E-state index in [4.69, 9.17) is 0 Å². The zero-order chi connectivity index (χ0) is 15.1. The molecule has 3 heterocycles. The molecule has 0 aromatic carbocycles. The molecule has 3 aromatic rings. The number of hydrogen-bond acceptors (Lipinski definition) is 4. The Bertz CT molecular complexity index is 793. The van der Waals surface area contributed by atoms with Gasteiger partial charge in [0.25, 0.3) is 0 Å². The lowest BCUT2D eigenvalue weighted by Gasteiger charge is -2.19. The summed E-state index contributed by atoms with van der Waals surface area (Å²) in [6.45, 7) is 2.17. The van der Waals surface area contributed by atoms with Crippen LogP contribution in [0.15, 0.2) is 31.0 Å². The molecule has 0 aliphatic heterocycles. The van der Waals surface area contributed by atoms with Crippen LogP contribution in [-0.4, -0.2) is 35.9 Å². The first-order valence-electron chi connectivity index (χ1n) is 7.73. The van der Waals surface area contributed by atoms with Crippen molar-refractivity contribution in [2.75, 3.05) is 0 Å². The summed E-state index contributed by atoms with van der Waals surface area (Å²) in [4.78, 5) is 11.7. The summed E-state index contributed by atoms with van der Waals surface area (Å²) in [6, 6.07) is 2.27. The first-order valence-corrected chi connectivity index (χ1v) is 7.73. The van der Waals surface area contributed by atoms with Crippen LogP contribution in [0.2, 0.25) is 0 Å². The number of aromatic amines is 1. The maximum atomic E-state index is 9.72. The van der Waals surface area contributed by atoms with Crippen LogP contribution < -0.4 is 0 Å². The van der Waals surface area contributed by atoms with Crippen molar-refractivity contribution in [3.8, 4) is 11.3 Å². The Morgan fingerprint density at radius 2 is 2.27 bits per heavy atom. The van der Waals surface area contributed by atoms with Crippen molar-refractivity contribution in [1.82, 2.24) is 24.7 Å². The van der Waals surface area contributed by atoms with Crippen LogP contribution in [-0.2, 0) is 0 Å². The lowest BCUT2D eigenvalue weighted by molar-refractivity contribution is 0.171. The normalized spacial score (nSPS) is 23.2. The number of nitrogens with zero attached hydrogens (tertiary/aromatic N) is 4. The van der Waals surface area contributed by atoms with Gasteiger partial charge in [-0.1, -0.05) is 0 Å². The largest absolute Gasteiger partial charge is 0.393 e. The fourth-order valence-corrected chi connectivity index (χ4v) is 3.43. The molecule has 1 aliphatic carbocycles. The number of nitrogens with one attached hydrogen (secondary N) is 1. The minimum atomic E-state index is -0.149. The van der Waals surface area contributed by atoms with Crippen molar-refractivity contribution in [3.63, 3.8) is 0 Å². The second-order valence-corrected chi connectivity index (χ2v) is 6.14. The minimum Gasteiger partial charge on any atom is -0.393 e. The first kappa shape index (κ1) is 13.5. The van der Waals surface area contributed by atoms with E-state index in [9.17, 15) is 5.11 Å². The predicted octanol–water partition coefficient (Wildman–Crippen LogP) is 2.54. The van der Waals surface area contributed by atoms with Crippen molar-refractivity contribution in [1.29, 1.82) is 0 Å². The molecule has 0 radical (unpaired) electrons. The molecule has 6 nitrogen and oxygen atoms in total. The first-order chi connectivity index (χ1) is 10.7. The summed E-state index contributed by atoms with van der Waals surface area (Å²) in [6.07, 6.45) is 10.0. The predicted molar refractivity (Wildman–Crippen MR) is 83.2 cm³/mol. The topological polar surface area (TPSA) is 79.6 Å². The molecule has 0 amide bonds. The lowest BCUT2D eigenvalue weighted by Crippen LogP contribution is -2.15. The quantitative estimate of drug-likeness (QED) is 0.778. The smallest absolute Gasteiger partial charge is 0.141 e. The highest BCUT2D eigenvalue weighted by Crippen LogP contribution is 2.35. The second kappa shape index (κ2) is 5.21. The molecule has 0 spiro atoms. The number of hydrogen-bond donors (Lipinski definition) is 2. The highest BCUT2D eigenvalue weighted by atomic mass is 16.3. The van der Waals surface area contributed by atoms with E-state index in [-0.39, 0.29) is 12.1 Å². The zero-order valence-electron chi connectivity index (χ0n) is 12.5. The number of fused-ring (bicyclic) bond motifs is 1. The summed E-state index contributed by atoms with van der Waals surface area (Å²) < 4.78 is 2.00. The molecule has 114 valence electrons. The Balaban J connectivity index is 1.65. The van der Waals surface area contributed by atoms with E-state index in [1.165, 1.54) is 0 Å². The summed E-state index contributed by atoms with van der Waals surface area (Å²) in [5.74, 6) is 0.487. The average molecular weight is 297 g/mol. The summed E-state index contributed by atoms with van der Waals surface area (Å²) in [5.41, 5.74) is 2.73. The molecule has 1 unspecified atom stereocenters. The van der Waals surface area contributed by atoms with Gasteiger partial charge in [-0.2, -0.15) is 5.10 Å². The Morgan fingerprint density at radius 1 is 1.36 bits per heavy atom. The van der Waals surface area contributed by atoms with Gasteiger partial charge in [-0.05, 0) is 38.2 Å². The van der Waals surface area contributed by atoms with Gasteiger partial charge in [-0.25, -0.2) is 9.97 Å². The van der Waals surface area contributed by atoms with E-state index in [0.717, 1.165) is 41.6 Å².